The Morgan fingerprint density at radius 2 is 1.90 bits per heavy atom. The molecule has 1 atom stereocenters. The van der Waals surface area contributed by atoms with Crippen molar-refractivity contribution in [2.24, 2.45) is 0 Å². The summed E-state index contributed by atoms with van der Waals surface area (Å²) in [6.45, 7) is 8.70. The van der Waals surface area contributed by atoms with Crippen molar-refractivity contribution in [1.82, 2.24) is 14.8 Å². The number of anilines is 1. The van der Waals surface area contributed by atoms with Crippen molar-refractivity contribution in [3.8, 4) is 11.5 Å². The summed E-state index contributed by atoms with van der Waals surface area (Å²) in [4.78, 5) is 12.4. The Morgan fingerprint density at radius 1 is 1.13 bits per heavy atom. The maximum absolute atomic E-state index is 12.4. The Labute approximate surface area is 187 Å². The van der Waals surface area contributed by atoms with Crippen LogP contribution in [0.15, 0.2) is 47.6 Å². The third-order valence-electron chi connectivity index (χ3n) is 4.90. The summed E-state index contributed by atoms with van der Waals surface area (Å²) >= 11 is 1.36. The van der Waals surface area contributed by atoms with Gasteiger partial charge in [-0.3, -0.25) is 4.79 Å². The van der Waals surface area contributed by atoms with Gasteiger partial charge in [0.2, 0.25) is 5.91 Å². The van der Waals surface area contributed by atoms with E-state index in [1.807, 2.05) is 74.7 Å². The number of nitrogens with zero attached hydrogens (tertiary/aromatic N) is 3. The number of ether oxygens (including phenoxy) is 2. The average Bonchev–Trinajstić information content (AvgIpc) is 3.18. The normalized spacial score (nSPS) is 11.8. The molecule has 0 aliphatic carbocycles. The van der Waals surface area contributed by atoms with Crippen LogP contribution in [0.4, 0.5) is 5.69 Å². The van der Waals surface area contributed by atoms with Gasteiger partial charge in [-0.1, -0.05) is 23.9 Å². The molecule has 1 unspecified atom stereocenters. The van der Waals surface area contributed by atoms with Gasteiger partial charge in [0.15, 0.2) is 17.1 Å². The SMILES string of the molecule is CCn1c(SCC(=O)Nc2ccc(C)c(C)c2)nnc1C(C)Oc1cccc(OC)c1. The summed E-state index contributed by atoms with van der Waals surface area (Å²) in [5.74, 6) is 2.30. The highest BCUT2D eigenvalue weighted by atomic mass is 32.2. The highest BCUT2D eigenvalue weighted by Gasteiger charge is 2.19. The van der Waals surface area contributed by atoms with E-state index in [1.54, 1.807) is 7.11 Å². The molecule has 8 heteroatoms. The largest absolute Gasteiger partial charge is 0.497 e. The second-order valence-electron chi connectivity index (χ2n) is 7.16. The molecule has 1 amide bonds. The summed E-state index contributed by atoms with van der Waals surface area (Å²) < 4.78 is 13.2. The average molecular weight is 441 g/mol. The highest BCUT2D eigenvalue weighted by molar-refractivity contribution is 7.99. The maximum Gasteiger partial charge on any atom is 0.234 e. The van der Waals surface area contributed by atoms with E-state index < -0.39 is 0 Å². The standard InChI is InChI=1S/C23H28N4O3S/c1-6-27-22(17(4)30-20-9-7-8-19(13-20)29-5)25-26-23(27)31-14-21(28)24-18-11-10-15(2)16(3)12-18/h7-13,17H,6,14H2,1-5H3,(H,24,28). The van der Waals surface area contributed by atoms with Gasteiger partial charge in [0, 0.05) is 18.3 Å². The van der Waals surface area contributed by atoms with Crippen LogP contribution in [-0.4, -0.2) is 33.5 Å². The fourth-order valence-corrected chi connectivity index (χ4v) is 3.89. The van der Waals surface area contributed by atoms with Crippen LogP contribution >= 0.6 is 11.8 Å². The van der Waals surface area contributed by atoms with Crippen LogP contribution in [0.1, 0.15) is 36.9 Å². The first-order valence-electron chi connectivity index (χ1n) is 10.1. The molecule has 0 saturated heterocycles. The van der Waals surface area contributed by atoms with Crippen molar-refractivity contribution >= 4 is 23.4 Å². The first kappa shape index (κ1) is 22.7. The van der Waals surface area contributed by atoms with Crippen LogP contribution < -0.4 is 14.8 Å². The molecule has 0 fully saturated rings. The lowest BCUT2D eigenvalue weighted by atomic mass is 10.1. The van der Waals surface area contributed by atoms with Crippen molar-refractivity contribution in [2.75, 3.05) is 18.2 Å². The second-order valence-corrected chi connectivity index (χ2v) is 8.10. The zero-order valence-electron chi connectivity index (χ0n) is 18.5. The van der Waals surface area contributed by atoms with E-state index in [4.69, 9.17) is 9.47 Å². The number of benzene rings is 2. The third kappa shape index (κ3) is 5.79. The van der Waals surface area contributed by atoms with E-state index >= 15 is 0 Å². The van der Waals surface area contributed by atoms with Gasteiger partial charge in [-0.25, -0.2) is 0 Å². The van der Waals surface area contributed by atoms with Gasteiger partial charge >= 0.3 is 0 Å². The number of methoxy groups -OCH3 is 1. The smallest absolute Gasteiger partial charge is 0.234 e. The van der Waals surface area contributed by atoms with E-state index in [0.29, 0.717) is 23.3 Å². The lowest BCUT2D eigenvalue weighted by Crippen LogP contribution is -2.15. The zero-order valence-corrected chi connectivity index (χ0v) is 19.3. The number of aromatic nitrogens is 3. The number of thioether (sulfide) groups is 1. The Kier molecular flexibility index (Phi) is 7.57. The second kappa shape index (κ2) is 10.3. The fourth-order valence-electron chi connectivity index (χ4n) is 3.08. The summed E-state index contributed by atoms with van der Waals surface area (Å²) in [5, 5.41) is 12.2. The molecular weight excluding hydrogens is 412 g/mol. The number of carbonyl (C=O) groups is 1. The number of amides is 1. The Balaban J connectivity index is 1.63. The maximum atomic E-state index is 12.4. The topological polar surface area (TPSA) is 78.3 Å². The zero-order chi connectivity index (χ0) is 22.4. The van der Waals surface area contributed by atoms with Gasteiger partial charge in [0.1, 0.15) is 11.5 Å². The predicted molar refractivity (Wildman–Crippen MR) is 123 cm³/mol. The van der Waals surface area contributed by atoms with E-state index in [-0.39, 0.29) is 17.8 Å². The third-order valence-corrected chi connectivity index (χ3v) is 5.87. The van der Waals surface area contributed by atoms with Crippen molar-refractivity contribution in [1.29, 1.82) is 0 Å². The lowest BCUT2D eigenvalue weighted by molar-refractivity contribution is -0.113. The van der Waals surface area contributed by atoms with Gasteiger partial charge in [-0.15, -0.1) is 10.2 Å². The van der Waals surface area contributed by atoms with Crippen LogP contribution in [0.2, 0.25) is 0 Å². The van der Waals surface area contributed by atoms with Crippen molar-refractivity contribution < 1.29 is 14.3 Å². The van der Waals surface area contributed by atoms with Crippen molar-refractivity contribution in [2.45, 2.75) is 45.5 Å². The number of hydrogen-bond donors (Lipinski definition) is 1. The van der Waals surface area contributed by atoms with Gasteiger partial charge in [0.25, 0.3) is 0 Å². The lowest BCUT2D eigenvalue weighted by Gasteiger charge is -2.16. The highest BCUT2D eigenvalue weighted by Crippen LogP contribution is 2.27. The molecule has 0 radical (unpaired) electrons. The molecule has 0 aliphatic rings. The van der Waals surface area contributed by atoms with Gasteiger partial charge < -0.3 is 19.4 Å². The van der Waals surface area contributed by atoms with Crippen molar-refractivity contribution in [3.05, 3.63) is 59.4 Å². The molecule has 164 valence electrons. The summed E-state index contributed by atoms with van der Waals surface area (Å²) in [7, 11) is 1.62. The minimum atomic E-state index is -0.307. The monoisotopic (exact) mass is 440 g/mol. The molecule has 3 rings (SSSR count). The number of aryl methyl sites for hydroxylation is 2. The molecule has 31 heavy (non-hydrogen) atoms. The molecular formula is C23H28N4O3S. The number of nitrogens with one attached hydrogen (secondary N) is 1. The predicted octanol–water partition coefficient (Wildman–Crippen LogP) is 4.79. The van der Waals surface area contributed by atoms with Crippen LogP contribution in [0.25, 0.3) is 0 Å². The van der Waals surface area contributed by atoms with Gasteiger partial charge in [-0.2, -0.15) is 0 Å². The first-order valence-corrected chi connectivity index (χ1v) is 11.1. The minimum absolute atomic E-state index is 0.0823. The minimum Gasteiger partial charge on any atom is -0.497 e. The summed E-state index contributed by atoms with van der Waals surface area (Å²) in [6, 6.07) is 13.3. The van der Waals surface area contributed by atoms with Crippen molar-refractivity contribution in [3.63, 3.8) is 0 Å². The van der Waals surface area contributed by atoms with E-state index in [0.717, 1.165) is 17.0 Å². The van der Waals surface area contributed by atoms with Crippen LogP contribution in [-0.2, 0) is 11.3 Å². The Morgan fingerprint density at radius 3 is 2.61 bits per heavy atom. The van der Waals surface area contributed by atoms with Gasteiger partial charge in [0.05, 0.1) is 12.9 Å². The quantitative estimate of drug-likeness (QED) is 0.482. The molecule has 0 aliphatic heterocycles. The molecule has 7 nitrogen and oxygen atoms in total. The molecule has 2 aromatic carbocycles. The Hall–Kier alpha value is -3.00. The number of rotatable bonds is 9. The van der Waals surface area contributed by atoms with E-state index in [1.165, 1.54) is 17.3 Å². The molecule has 1 heterocycles. The molecule has 0 saturated carbocycles. The van der Waals surface area contributed by atoms with Gasteiger partial charge in [-0.05, 0) is 63.1 Å². The van der Waals surface area contributed by atoms with E-state index in [2.05, 4.69) is 15.5 Å². The molecule has 0 spiro atoms. The molecule has 0 bridgehead atoms. The fraction of sp³-hybridized carbons (Fsp3) is 0.348. The molecule has 1 N–H and O–H groups in total. The van der Waals surface area contributed by atoms with E-state index in [9.17, 15) is 4.79 Å². The molecule has 1 aromatic heterocycles. The Bertz CT molecular complexity index is 1050. The van der Waals surface area contributed by atoms with Crippen LogP contribution in [0, 0.1) is 13.8 Å². The summed E-state index contributed by atoms with van der Waals surface area (Å²) in [6.07, 6.45) is -0.307. The summed E-state index contributed by atoms with van der Waals surface area (Å²) in [5.41, 5.74) is 3.14. The number of carbonyl (C=O) groups excluding carboxylic acids is 1. The number of hydrogen-bond acceptors (Lipinski definition) is 6. The first-order chi connectivity index (χ1) is 14.9. The molecule has 3 aromatic rings. The van der Waals surface area contributed by atoms with Crippen LogP contribution in [0.3, 0.4) is 0 Å². The van der Waals surface area contributed by atoms with Crippen LogP contribution in [0.5, 0.6) is 11.5 Å².